The predicted molar refractivity (Wildman–Crippen MR) is 80.0 cm³/mol. The Morgan fingerprint density at radius 3 is 2.57 bits per heavy atom. The molecule has 1 aromatic carbocycles. The van der Waals surface area contributed by atoms with E-state index in [2.05, 4.69) is 10.4 Å². The van der Waals surface area contributed by atoms with Gasteiger partial charge in [-0.3, -0.25) is 14.4 Å². The second kappa shape index (κ2) is 5.56. The largest absolute Gasteiger partial charge is 0.454 e. The van der Waals surface area contributed by atoms with Crippen molar-refractivity contribution in [2.75, 3.05) is 12.1 Å². The first-order valence-corrected chi connectivity index (χ1v) is 6.76. The SMILES string of the molecule is CC(=O)c1cc2c(cc1NC(=O)c1ccc(=O)n(C)n1)OCO2. The molecule has 0 bridgehead atoms. The van der Waals surface area contributed by atoms with Gasteiger partial charge >= 0.3 is 0 Å². The van der Waals surface area contributed by atoms with Crippen LogP contribution in [0.1, 0.15) is 27.8 Å². The third kappa shape index (κ3) is 2.78. The first-order chi connectivity index (χ1) is 11.0. The molecule has 2 heterocycles. The first kappa shape index (κ1) is 14.8. The van der Waals surface area contributed by atoms with E-state index in [1.54, 1.807) is 0 Å². The summed E-state index contributed by atoms with van der Waals surface area (Å²) in [4.78, 5) is 35.4. The third-order valence-electron chi connectivity index (χ3n) is 3.33. The number of hydrogen-bond acceptors (Lipinski definition) is 6. The van der Waals surface area contributed by atoms with E-state index in [0.29, 0.717) is 22.7 Å². The van der Waals surface area contributed by atoms with Gasteiger partial charge in [0.1, 0.15) is 5.69 Å². The lowest BCUT2D eigenvalue weighted by molar-refractivity contribution is 0.101. The molecule has 1 amide bonds. The van der Waals surface area contributed by atoms with Crippen LogP contribution in [0.4, 0.5) is 5.69 Å². The molecule has 8 nitrogen and oxygen atoms in total. The number of nitrogens with zero attached hydrogens (tertiary/aromatic N) is 2. The van der Waals surface area contributed by atoms with Crippen molar-refractivity contribution in [2.24, 2.45) is 7.05 Å². The number of amides is 1. The Hall–Kier alpha value is -3.16. The molecular formula is C15H13N3O5. The Kier molecular flexibility index (Phi) is 3.57. The molecule has 0 atom stereocenters. The van der Waals surface area contributed by atoms with E-state index in [4.69, 9.17) is 9.47 Å². The Labute approximate surface area is 130 Å². The fraction of sp³-hybridized carbons (Fsp3) is 0.200. The summed E-state index contributed by atoms with van der Waals surface area (Å²) in [6.45, 7) is 1.45. The quantitative estimate of drug-likeness (QED) is 0.847. The maximum absolute atomic E-state index is 12.3. The molecule has 2 aromatic rings. The summed E-state index contributed by atoms with van der Waals surface area (Å²) in [5, 5.41) is 6.48. The van der Waals surface area contributed by atoms with Gasteiger partial charge in [0.25, 0.3) is 11.5 Å². The summed E-state index contributed by atoms with van der Waals surface area (Å²) >= 11 is 0. The zero-order valence-corrected chi connectivity index (χ0v) is 12.5. The second-order valence-electron chi connectivity index (χ2n) is 4.94. The van der Waals surface area contributed by atoms with Gasteiger partial charge in [-0.25, -0.2) is 4.68 Å². The highest BCUT2D eigenvalue weighted by Crippen LogP contribution is 2.37. The van der Waals surface area contributed by atoms with Crippen molar-refractivity contribution in [2.45, 2.75) is 6.92 Å². The number of nitrogens with one attached hydrogen (secondary N) is 1. The maximum Gasteiger partial charge on any atom is 0.276 e. The molecule has 118 valence electrons. The van der Waals surface area contributed by atoms with Crippen molar-refractivity contribution >= 4 is 17.4 Å². The highest BCUT2D eigenvalue weighted by atomic mass is 16.7. The van der Waals surface area contributed by atoms with Crippen LogP contribution in [0.15, 0.2) is 29.1 Å². The molecule has 0 spiro atoms. The van der Waals surface area contributed by atoms with Gasteiger partial charge in [0.15, 0.2) is 17.3 Å². The van der Waals surface area contributed by atoms with Crippen LogP contribution in [-0.4, -0.2) is 28.3 Å². The van der Waals surface area contributed by atoms with Crippen LogP contribution < -0.4 is 20.3 Å². The predicted octanol–water partition coefficient (Wildman–Crippen LogP) is 0.964. The number of fused-ring (bicyclic) bond motifs is 1. The van der Waals surface area contributed by atoms with Crippen LogP contribution in [0.25, 0.3) is 0 Å². The number of ether oxygens (including phenoxy) is 2. The highest BCUT2D eigenvalue weighted by molar-refractivity contribution is 6.08. The minimum Gasteiger partial charge on any atom is -0.454 e. The van der Waals surface area contributed by atoms with E-state index in [9.17, 15) is 14.4 Å². The van der Waals surface area contributed by atoms with Crippen molar-refractivity contribution in [1.29, 1.82) is 0 Å². The van der Waals surface area contributed by atoms with Crippen molar-refractivity contribution in [3.63, 3.8) is 0 Å². The van der Waals surface area contributed by atoms with Gasteiger partial charge in [0, 0.05) is 24.7 Å². The number of aromatic nitrogens is 2. The highest BCUT2D eigenvalue weighted by Gasteiger charge is 2.21. The molecule has 3 rings (SSSR count). The van der Waals surface area contributed by atoms with Gasteiger partial charge in [0.2, 0.25) is 6.79 Å². The molecule has 1 aliphatic heterocycles. The van der Waals surface area contributed by atoms with E-state index in [-0.39, 0.29) is 23.8 Å². The Morgan fingerprint density at radius 1 is 1.22 bits per heavy atom. The van der Waals surface area contributed by atoms with E-state index in [1.807, 2.05) is 0 Å². The summed E-state index contributed by atoms with van der Waals surface area (Å²) in [5.41, 5.74) is 0.322. The maximum atomic E-state index is 12.3. The number of rotatable bonds is 3. The number of ketones is 1. The van der Waals surface area contributed by atoms with Crippen LogP contribution >= 0.6 is 0 Å². The van der Waals surface area contributed by atoms with E-state index in [1.165, 1.54) is 38.2 Å². The van der Waals surface area contributed by atoms with Gasteiger partial charge in [-0.1, -0.05) is 0 Å². The number of benzene rings is 1. The lowest BCUT2D eigenvalue weighted by Crippen LogP contribution is -2.24. The standard InChI is InChI=1S/C15H13N3O5/c1-8(19)9-5-12-13(23-7-22-12)6-11(9)16-15(21)10-3-4-14(20)18(2)17-10/h3-6H,7H2,1-2H3,(H,16,21). The molecule has 1 aromatic heterocycles. The average Bonchev–Trinajstić information content (AvgIpc) is 2.96. The monoisotopic (exact) mass is 315 g/mol. The van der Waals surface area contributed by atoms with Crippen molar-refractivity contribution in [3.05, 3.63) is 45.9 Å². The van der Waals surface area contributed by atoms with Gasteiger partial charge in [0.05, 0.1) is 5.69 Å². The van der Waals surface area contributed by atoms with Crippen molar-refractivity contribution in [3.8, 4) is 11.5 Å². The van der Waals surface area contributed by atoms with Crippen molar-refractivity contribution < 1.29 is 19.1 Å². The van der Waals surface area contributed by atoms with Gasteiger partial charge in [-0.15, -0.1) is 0 Å². The second-order valence-corrected chi connectivity index (χ2v) is 4.94. The fourth-order valence-electron chi connectivity index (χ4n) is 2.15. The van der Waals surface area contributed by atoms with Gasteiger partial charge < -0.3 is 14.8 Å². The molecule has 0 radical (unpaired) electrons. The summed E-state index contributed by atoms with van der Waals surface area (Å²) < 4.78 is 11.5. The topological polar surface area (TPSA) is 99.5 Å². The van der Waals surface area contributed by atoms with Crippen LogP contribution in [0, 0.1) is 0 Å². The summed E-state index contributed by atoms with van der Waals surface area (Å²) in [6, 6.07) is 5.61. The van der Waals surface area contributed by atoms with E-state index >= 15 is 0 Å². The van der Waals surface area contributed by atoms with E-state index in [0.717, 1.165) is 4.68 Å². The number of hydrogen-bond donors (Lipinski definition) is 1. The number of aryl methyl sites for hydroxylation is 1. The summed E-state index contributed by atoms with van der Waals surface area (Å²) in [6.07, 6.45) is 0. The average molecular weight is 315 g/mol. The number of carbonyl (C=O) groups excluding carboxylic acids is 2. The Bertz CT molecular complexity index is 872. The molecule has 23 heavy (non-hydrogen) atoms. The summed E-state index contributed by atoms with van der Waals surface area (Å²) in [5.74, 6) is 0.126. The van der Waals surface area contributed by atoms with Crippen molar-refractivity contribution in [1.82, 2.24) is 9.78 Å². The third-order valence-corrected chi connectivity index (χ3v) is 3.33. The lowest BCUT2D eigenvalue weighted by atomic mass is 10.1. The minimum absolute atomic E-state index is 0.0549. The molecule has 0 saturated heterocycles. The molecule has 0 unspecified atom stereocenters. The Morgan fingerprint density at radius 2 is 1.91 bits per heavy atom. The van der Waals surface area contributed by atoms with Crippen LogP contribution in [0.3, 0.4) is 0 Å². The van der Waals surface area contributed by atoms with Crippen LogP contribution in [0.5, 0.6) is 11.5 Å². The van der Waals surface area contributed by atoms with E-state index < -0.39 is 5.91 Å². The summed E-state index contributed by atoms with van der Waals surface area (Å²) in [7, 11) is 1.45. The molecule has 0 fully saturated rings. The minimum atomic E-state index is -0.540. The zero-order valence-electron chi connectivity index (χ0n) is 12.5. The Balaban J connectivity index is 1.95. The smallest absolute Gasteiger partial charge is 0.276 e. The molecule has 1 N–H and O–H groups in total. The van der Waals surface area contributed by atoms with Gasteiger partial charge in [-0.05, 0) is 19.1 Å². The molecular weight excluding hydrogens is 302 g/mol. The van der Waals surface area contributed by atoms with Crippen LogP contribution in [0.2, 0.25) is 0 Å². The lowest BCUT2D eigenvalue weighted by Gasteiger charge is -2.10. The van der Waals surface area contributed by atoms with Crippen LogP contribution in [-0.2, 0) is 7.05 Å². The number of anilines is 1. The zero-order chi connectivity index (χ0) is 16.6. The number of carbonyl (C=O) groups is 2. The molecule has 1 aliphatic rings. The molecule has 8 heteroatoms. The normalized spacial score (nSPS) is 12.1. The van der Waals surface area contributed by atoms with Gasteiger partial charge in [-0.2, -0.15) is 5.10 Å². The molecule has 0 aliphatic carbocycles. The number of Topliss-reactive ketones (excluding diaryl/α,β-unsaturated/α-hetero) is 1. The molecule has 0 saturated carbocycles. The first-order valence-electron chi connectivity index (χ1n) is 6.76. The fourth-order valence-corrected chi connectivity index (χ4v) is 2.15.